The summed E-state index contributed by atoms with van der Waals surface area (Å²) in [4.78, 5) is 18.3. The Hall–Kier alpha value is -2.45. The second-order valence-corrected chi connectivity index (χ2v) is 6.71. The quantitative estimate of drug-likeness (QED) is 0.659. The maximum atomic E-state index is 13.5. The van der Waals surface area contributed by atoms with E-state index in [4.69, 9.17) is 5.84 Å². The number of carbonyl (C=O) groups is 1. The molecule has 136 valence electrons. The zero-order valence-electron chi connectivity index (χ0n) is 13.9. The second kappa shape index (κ2) is 6.07. The van der Waals surface area contributed by atoms with E-state index in [0.717, 1.165) is 29.6 Å². The molecule has 2 aromatic rings. The Balaban J connectivity index is 1.65. The van der Waals surface area contributed by atoms with Gasteiger partial charge in [0.05, 0.1) is 12.1 Å². The average molecular weight is 362 g/mol. The fourth-order valence-corrected chi connectivity index (χ4v) is 3.67. The van der Waals surface area contributed by atoms with Gasteiger partial charge in [-0.25, -0.2) is 5.84 Å². The summed E-state index contributed by atoms with van der Waals surface area (Å²) >= 11 is 0. The van der Waals surface area contributed by atoms with Crippen LogP contribution in [0.5, 0.6) is 0 Å². The summed E-state index contributed by atoms with van der Waals surface area (Å²) in [5, 5.41) is 0.826. The number of pyridine rings is 1. The Labute approximate surface area is 148 Å². The number of alkyl halides is 3. The highest BCUT2D eigenvalue weighted by Gasteiger charge is 2.39. The van der Waals surface area contributed by atoms with Gasteiger partial charge in [0.15, 0.2) is 0 Å². The number of hydrogen-bond donors (Lipinski definition) is 1. The maximum Gasteiger partial charge on any atom is 0.416 e. The van der Waals surface area contributed by atoms with Gasteiger partial charge in [0, 0.05) is 37.6 Å². The highest BCUT2D eigenvalue weighted by atomic mass is 19.4. The molecule has 8 heteroatoms. The van der Waals surface area contributed by atoms with Crippen LogP contribution in [0.3, 0.4) is 0 Å². The molecule has 2 aliphatic heterocycles. The summed E-state index contributed by atoms with van der Waals surface area (Å²) < 4.78 is 40.4. The molecule has 5 nitrogen and oxygen atoms in total. The van der Waals surface area contributed by atoms with Crippen LogP contribution in [-0.2, 0) is 32.2 Å². The van der Waals surface area contributed by atoms with Crippen molar-refractivity contribution in [2.75, 3.05) is 6.54 Å². The number of aromatic nitrogens is 1. The molecule has 26 heavy (non-hydrogen) atoms. The van der Waals surface area contributed by atoms with Crippen molar-refractivity contribution in [2.45, 2.75) is 32.2 Å². The number of halogens is 3. The van der Waals surface area contributed by atoms with E-state index in [2.05, 4.69) is 9.88 Å². The first kappa shape index (κ1) is 17.0. The Morgan fingerprint density at radius 1 is 1.19 bits per heavy atom. The van der Waals surface area contributed by atoms with Crippen LogP contribution in [0.25, 0.3) is 0 Å². The van der Waals surface area contributed by atoms with Crippen LogP contribution in [0.4, 0.5) is 13.2 Å². The Morgan fingerprint density at radius 2 is 2.00 bits per heavy atom. The minimum Gasteiger partial charge on any atom is -0.294 e. The average Bonchev–Trinajstić information content (AvgIpc) is 2.88. The normalized spacial score (nSPS) is 17.4. The molecule has 0 bridgehead atoms. The molecular formula is C18H17F3N4O. The Morgan fingerprint density at radius 3 is 2.77 bits per heavy atom. The van der Waals surface area contributed by atoms with E-state index in [9.17, 15) is 18.0 Å². The fourth-order valence-electron chi connectivity index (χ4n) is 3.67. The van der Waals surface area contributed by atoms with Gasteiger partial charge in [-0.15, -0.1) is 0 Å². The maximum absolute atomic E-state index is 13.5. The third-order valence-corrected chi connectivity index (χ3v) is 4.94. The van der Waals surface area contributed by atoms with Gasteiger partial charge in [-0.3, -0.25) is 19.7 Å². The van der Waals surface area contributed by atoms with E-state index >= 15 is 0 Å². The van der Waals surface area contributed by atoms with Crippen molar-refractivity contribution >= 4 is 5.91 Å². The van der Waals surface area contributed by atoms with Crippen molar-refractivity contribution < 1.29 is 18.0 Å². The molecule has 0 saturated carbocycles. The van der Waals surface area contributed by atoms with Gasteiger partial charge in [-0.1, -0.05) is 0 Å². The van der Waals surface area contributed by atoms with E-state index in [-0.39, 0.29) is 17.7 Å². The van der Waals surface area contributed by atoms with Gasteiger partial charge in [0.25, 0.3) is 5.91 Å². The SMILES string of the molecule is NN1Cc2c(cc(CN3CCc4ccncc4C3)cc2C(F)(F)F)C1=O. The van der Waals surface area contributed by atoms with Gasteiger partial charge in [0.2, 0.25) is 0 Å². The number of benzene rings is 1. The number of carbonyl (C=O) groups excluding carboxylic acids is 1. The highest BCUT2D eigenvalue weighted by molar-refractivity contribution is 5.98. The lowest BCUT2D eigenvalue weighted by atomic mass is 9.97. The molecular weight excluding hydrogens is 345 g/mol. The molecule has 1 amide bonds. The van der Waals surface area contributed by atoms with Gasteiger partial charge >= 0.3 is 6.18 Å². The first-order chi connectivity index (χ1) is 12.3. The molecule has 1 aromatic heterocycles. The summed E-state index contributed by atoms with van der Waals surface area (Å²) in [6.07, 6.45) is -0.162. The molecule has 2 N–H and O–H groups in total. The Bertz CT molecular complexity index is 881. The van der Waals surface area contributed by atoms with Gasteiger partial charge in [-0.05, 0) is 46.9 Å². The molecule has 1 aromatic carbocycles. The van der Waals surface area contributed by atoms with Crippen molar-refractivity contribution in [1.29, 1.82) is 0 Å². The zero-order valence-corrected chi connectivity index (χ0v) is 13.9. The number of fused-ring (bicyclic) bond motifs is 2. The number of amides is 1. The minimum atomic E-state index is -4.52. The van der Waals surface area contributed by atoms with Crippen LogP contribution in [0.2, 0.25) is 0 Å². The van der Waals surface area contributed by atoms with Crippen LogP contribution in [-0.4, -0.2) is 27.3 Å². The third-order valence-electron chi connectivity index (χ3n) is 4.94. The molecule has 0 spiro atoms. The predicted octanol–water partition coefficient (Wildman–Crippen LogP) is 2.49. The fraction of sp³-hybridized carbons (Fsp3) is 0.333. The van der Waals surface area contributed by atoms with E-state index < -0.39 is 17.6 Å². The van der Waals surface area contributed by atoms with Crippen molar-refractivity contribution in [3.8, 4) is 0 Å². The molecule has 0 unspecified atom stereocenters. The van der Waals surface area contributed by atoms with Gasteiger partial charge < -0.3 is 0 Å². The lowest BCUT2D eigenvalue weighted by Crippen LogP contribution is -2.31. The largest absolute Gasteiger partial charge is 0.416 e. The topological polar surface area (TPSA) is 62.5 Å². The van der Waals surface area contributed by atoms with E-state index in [1.54, 1.807) is 18.5 Å². The molecule has 0 fully saturated rings. The van der Waals surface area contributed by atoms with Gasteiger partial charge in [0.1, 0.15) is 0 Å². The summed E-state index contributed by atoms with van der Waals surface area (Å²) in [6, 6.07) is 4.65. The highest BCUT2D eigenvalue weighted by Crippen LogP contribution is 2.37. The van der Waals surface area contributed by atoms with Crippen molar-refractivity contribution in [2.24, 2.45) is 5.84 Å². The molecule has 4 rings (SSSR count). The second-order valence-electron chi connectivity index (χ2n) is 6.71. The van der Waals surface area contributed by atoms with Crippen LogP contribution in [0.1, 0.15) is 38.2 Å². The predicted molar refractivity (Wildman–Crippen MR) is 87.6 cm³/mol. The number of nitrogens with two attached hydrogens (primary N) is 1. The van der Waals surface area contributed by atoms with E-state index in [1.165, 1.54) is 5.56 Å². The number of nitrogens with zero attached hydrogens (tertiary/aromatic N) is 3. The smallest absolute Gasteiger partial charge is 0.294 e. The number of rotatable bonds is 2. The van der Waals surface area contributed by atoms with Crippen molar-refractivity contribution in [3.05, 3.63) is 64.0 Å². The van der Waals surface area contributed by atoms with Crippen molar-refractivity contribution in [3.63, 3.8) is 0 Å². The van der Waals surface area contributed by atoms with E-state index in [1.807, 2.05) is 6.07 Å². The first-order valence-electron chi connectivity index (χ1n) is 8.26. The molecule has 0 atom stereocenters. The number of hydrazine groups is 1. The summed E-state index contributed by atoms with van der Waals surface area (Å²) in [5.74, 6) is 4.96. The standard InChI is InChI=1S/C18H17F3N4O/c19-18(20,21)16-6-11(5-14-15(16)10-25(22)17(14)26)8-24-4-2-12-1-3-23-7-13(12)9-24/h1,3,5-7H,2,4,8-10,22H2. The van der Waals surface area contributed by atoms with Crippen LogP contribution in [0.15, 0.2) is 30.6 Å². The first-order valence-corrected chi connectivity index (χ1v) is 8.26. The van der Waals surface area contributed by atoms with E-state index in [0.29, 0.717) is 18.7 Å². The third kappa shape index (κ3) is 2.95. The van der Waals surface area contributed by atoms with Crippen LogP contribution >= 0.6 is 0 Å². The van der Waals surface area contributed by atoms with Crippen LogP contribution < -0.4 is 5.84 Å². The monoisotopic (exact) mass is 362 g/mol. The molecule has 0 radical (unpaired) electrons. The molecule has 0 saturated heterocycles. The molecule has 0 aliphatic carbocycles. The lowest BCUT2D eigenvalue weighted by Gasteiger charge is -2.28. The van der Waals surface area contributed by atoms with Crippen molar-refractivity contribution in [1.82, 2.24) is 14.9 Å². The minimum absolute atomic E-state index is 0.0399. The molecule has 3 heterocycles. The summed E-state index contributed by atoms with van der Waals surface area (Å²) in [7, 11) is 0. The van der Waals surface area contributed by atoms with Gasteiger partial charge in [-0.2, -0.15) is 13.2 Å². The Kier molecular flexibility index (Phi) is 3.96. The number of hydrogen-bond acceptors (Lipinski definition) is 4. The molecule has 2 aliphatic rings. The lowest BCUT2D eigenvalue weighted by molar-refractivity contribution is -0.138. The summed E-state index contributed by atoms with van der Waals surface area (Å²) in [6.45, 7) is 1.49. The van der Waals surface area contributed by atoms with Crippen LogP contribution in [0, 0.1) is 0 Å². The zero-order chi connectivity index (χ0) is 18.5. The summed E-state index contributed by atoms with van der Waals surface area (Å²) in [5.41, 5.74) is 2.01.